The third-order valence-electron chi connectivity index (χ3n) is 6.29. The van der Waals surface area contributed by atoms with Gasteiger partial charge in [0.1, 0.15) is 5.82 Å². The van der Waals surface area contributed by atoms with Crippen LogP contribution in [0.4, 0.5) is 0 Å². The molecule has 0 spiro atoms. The molecule has 2 aliphatic rings. The van der Waals surface area contributed by atoms with Gasteiger partial charge in [0.25, 0.3) is 0 Å². The number of rotatable bonds is 5. The van der Waals surface area contributed by atoms with Crippen molar-refractivity contribution in [2.24, 2.45) is 11.8 Å². The highest BCUT2D eigenvalue weighted by atomic mass is 35.5. The molecular weight excluding hydrogens is 431 g/mol. The molecule has 2 fully saturated rings. The molecule has 1 aromatic heterocycles. The van der Waals surface area contributed by atoms with Gasteiger partial charge in [0.15, 0.2) is 5.82 Å². The zero-order chi connectivity index (χ0) is 21.5. The van der Waals surface area contributed by atoms with Crippen LogP contribution in [0.2, 0.25) is 10.0 Å². The molecule has 0 N–H and O–H groups in total. The lowest BCUT2D eigenvalue weighted by molar-refractivity contribution is -0.131. The Morgan fingerprint density at radius 3 is 2.48 bits per heavy atom. The second-order valence-electron chi connectivity index (χ2n) is 8.60. The molecule has 0 radical (unpaired) electrons. The van der Waals surface area contributed by atoms with Crippen LogP contribution in [0.25, 0.3) is 22.5 Å². The van der Waals surface area contributed by atoms with E-state index in [4.69, 9.17) is 23.2 Å². The number of carbonyl (C=O) groups is 1. The molecule has 31 heavy (non-hydrogen) atoms. The van der Waals surface area contributed by atoms with E-state index in [-0.39, 0.29) is 0 Å². The van der Waals surface area contributed by atoms with Gasteiger partial charge < -0.3 is 9.47 Å². The predicted molar refractivity (Wildman–Crippen MR) is 123 cm³/mol. The third kappa shape index (κ3) is 4.21. The summed E-state index contributed by atoms with van der Waals surface area (Å²) < 4.78 is 2.18. The fourth-order valence-electron chi connectivity index (χ4n) is 4.36. The number of hydrogen-bond donors (Lipinski definition) is 0. The number of amides is 1. The van der Waals surface area contributed by atoms with Gasteiger partial charge in [-0.1, -0.05) is 53.5 Å². The van der Waals surface area contributed by atoms with E-state index in [2.05, 4.69) is 26.9 Å². The summed E-state index contributed by atoms with van der Waals surface area (Å²) in [6, 6.07) is 13.7. The van der Waals surface area contributed by atoms with Crippen LogP contribution in [0, 0.1) is 18.8 Å². The van der Waals surface area contributed by atoms with E-state index in [1.165, 1.54) is 0 Å². The van der Waals surface area contributed by atoms with Gasteiger partial charge >= 0.3 is 0 Å². The molecule has 3 aromatic rings. The van der Waals surface area contributed by atoms with Crippen molar-refractivity contribution in [2.45, 2.75) is 32.7 Å². The van der Waals surface area contributed by atoms with E-state index in [9.17, 15) is 4.79 Å². The minimum absolute atomic E-state index is 0.290. The fourth-order valence-corrected chi connectivity index (χ4v) is 4.88. The lowest BCUT2D eigenvalue weighted by Crippen LogP contribution is -2.30. The Kier molecular flexibility index (Phi) is 5.49. The second kappa shape index (κ2) is 8.29. The standard InChI is InChI=1S/C24H24Cl2N4O/c1-15-27-28-23(30(15)14-16-10-11-29(13-16)24(31)19-6-7-19)18-4-2-17(3-5-18)21-9-8-20(25)12-22(21)26/h2-5,8-9,12,16,19H,6-7,10-11,13-14H2,1H3/t16-/m0/s1. The van der Waals surface area contributed by atoms with Gasteiger partial charge in [-0.3, -0.25) is 4.79 Å². The summed E-state index contributed by atoms with van der Waals surface area (Å²) in [5, 5.41) is 10.0. The van der Waals surface area contributed by atoms with Crippen molar-refractivity contribution >= 4 is 29.1 Å². The van der Waals surface area contributed by atoms with Crippen LogP contribution < -0.4 is 0 Å². The average molecular weight is 455 g/mol. The van der Waals surface area contributed by atoms with E-state index < -0.39 is 0 Å². The number of carbonyl (C=O) groups excluding carboxylic acids is 1. The molecule has 7 heteroatoms. The minimum atomic E-state index is 0.290. The first-order chi connectivity index (χ1) is 15.0. The van der Waals surface area contributed by atoms with Crippen LogP contribution in [0.1, 0.15) is 25.1 Å². The van der Waals surface area contributed by atoms with Crippen molar-refractivity contribution in [3.05, 3.63) is 58.3 Å². The number of nitrogens with zero attached hydrogens (tertiary/aromatic N) is 4. The SMILES string of the molecule is Cc1nnc(-c2ccc(-c3ccc(Cl)cc3Cl)cc2)n1C[C@H]1CCN(C(=O)C2CC2)C1. The second-order valence-corrected chi connectivity index (χ2v) is 9.44. The molecule has 1 amide bonds. The van der Waals surface area contributed by atoms with E-state index in [0.717, 1.165) is 67.2 Å². The van der Waals surface area contributed by atoms with Gasteiger partial charge in [0, 0.05) is 46.7 Å². The van der Waals surface area contributed by atoms with Gasteiger partial charge in [-0.2, -0.15) is 0 Å². The van der Waals surface area contributed by atoms with Gasteiger partial charge in [-0.05, 0) is 49.8 Å². The zero-order valence-corrected chi connectivity index (χ0v) is 18.9. The topological polar surface area (TPSA) is 51.0 Å². The molecule has 2 heterocycles. The molecule has 5 rings (SSSR count). The third-order valence-corrected chi connectivity index (χ3v) is 6.83. The highest BCUT2D eigenvalue weighted by Crippen LogP contribution is 2.34. The zero-order valence-electron chi connectivity index (χ0n) is 17.4. The van der Waals surface area contributed by atoms with Crippen molar-refractivity contribution in [1.82, 2.24) is 19.7 Å². The van der Waals surface area contributed by atoms with Crippen LogP contribution in [-0.4, -0.2) is 38.7 Å². The number of likely N-dealkylation sites (tertiary alicyclic amines) is 1. The van der Waals surface area contributed by atoms with Crippen molar-refractivity contribution in [3.63, 3.8) is 0 Å². The van der Waals surface area contributed by atoms with Crippen LogP contribution >= 0.6 is 23.2 Å². The Balaban J connectivity index is 1.34. The molecule has 160 valence electrons. The molecule has 2 aromatic carbocycles. The molecule has 1 saturated heterocycles. The Labute approximate surface area is 192 Å². The molecule has 1 atom stereocenters. The summed E-state index contributed by atoms with van der Waals surface area (Å²) in [5.74, 6) is 2.83. The lowest BCUT2D eigenvalue weighted by Gasteiger charge is -2.17. The Morgan fingerprint density at radius 2 is 1.77 bits per heavy atom. The van der Waals surface area contributed by atoms with E-state index in [1.54, 1.807) is 6.07 Å². The molecule has 5 nitrogen and oxygen atoms in total. The van der Waals surface area contributed by atoms with Gasteiger partial charge in [0.05, 0.1) is 0 Å². The largest absolute Gasteiger partial charge is 0.342 e. The van der Waals surface area contributed by atoms with Gasteiger partial charge in [-0.15, -0.1) is 10.2 Å². The number of benzene rings is 2. The number of hydrogen-bond acceptors (Lipinski definition) is 3. The van der Waals surface area contributed by atoms with Gasteiger partial charge in [0.2, 0.25) is 5.91 Å². The highest BCUT2D eigenvalue weighted by Gasteiger charge is 2.36. The highest BCUT2D eigenvalue weighted by molar-refractivity contribution is 6.36. The maximum Gasteiger partial charge on any atom is 0.225 e. The maximum absolute atomic E-state index is 12.4. The van der Waals surface area contributed by atoms with Crippen LogP contribution in [0.3, 0.4) is 0 Å². The first kappa shape index (κ1) is 20.5. The summed E-state index contributed by atoms with van der Waals surface area (Å²) in [6.45, 7) is 4.52. The summed E-state index contributed by atoms with van der Waals surface area (Å²) in [5.41, 5.74) is 2.98. The van der Waals surface area contributed by atoms with E-state index >= 15 is 0 Å². The number of aryl methyl sites for hydroxylation is 1. The predicted octanol–water partition coefficient (Wildman–Crippen LogP) is 5.49. The average Bonchev–Trinajstić information content (AvgIpc) is 3.41. The van der Waals surface area contributed by atoms with Crippen molar-refractivity contribution in [2.75, 3.05) is 13.1 Å². The first-order valence-electron chi connectivity index (χ1n) is 10.7. The molecular formula is C24H24Cl2N4O. The smallest absolute Gasteiger partial charge is 0.225 e. The quantitative estimate of drug-likeness (QED) is 0.512. The molecule has 0 unspecified atom stereocenters. The summed E-state index contributed by atoms with van der Waals surface area (Å²) in [7, 11) is 0. The summed E-state index contributed by atoms with van der Waals surface area (Å²) in [6.07, 6.45) is 3.15. The van der Waals surface area contributed by atoms with Crippen LogP contribution in [-0.2, 0) is 11.3 Å². The van der Waals surface area contributed by atoms with E-state index in [1.807, 2.05) is 36.1 Å². The number of aromatic nitrogens is 3. The summed E-state index contributed by atoms with van der Waals surface area (Å²) in [4.78, 5) is 14.4. The Bertz CT molecular complexity index is 1120. The van der Waals surface area contributed by atoms with Crippen LogP contribution in [0.5, 0.6) is 0 Å². The van der Waals surface area contributed by atoms with Crippen LogP contribution in [0.15, 0.2) is 42.5 Å². The maximum atomic E-state index is 12.4. The normalized spacial score (nSPS) is 18.5. The first-order valence-corrected chi connectivity index (χ1v) is 11.5. The fraction of sp³-hybridized carbons (Fsp3) is 0.375. The summed E-state index contributed by atoms with van der Waals surface area (Å²) >= 11 is 12.4. The van der Waals surface area contributed by atoms with Crippen molar-refractivity contribution in [1.29, 1.82) is 0 Å². The molecule has 1 aliphatic carbocycles. The van der Waals surface area contributed by atoms with E-state index in [0.29, 0.717) is 27.8 Å². The number of halogens is 2. The molecule has 0 bridgehead atoms. The lowest BCUT2D eigenvalue weighted by atomic mass is 10.0. The van der Waals surface area contributed by atoms with Gasteiger partial charge in [-0.25, -0.2) is 0 Å². The Hall–Kier alpha value is -2.37. The van der Waals surface area contributed by atoms with Crippen molar-refractivity contribution < 1.29 is 4.79 Å². The monoisotopic (exact) mass is 454 g/mol. The minimum Gasteiger partial charge on any atom is -0.342 e. The molecule has 1 aliphatic heterocycles. The Morgan fingerprint density at radius 1 is 1.03 bits per heavy atom. The molecule has 1 saturated carbocycles. The van der Waals surface area contributed by atoms with Crippen molar-refractivity contribution in [3.8, 4) is 22.5 Å².